The fourth-order valence-corrected chi connectivity index (χ4v) is 0.955. The first-order chi connectivity index (χ1) is 5.61. The van der Waals surface area contributed by atoms with E-state index in [0.29, 0.717) is 11.3 Å². The lowest BCUT2D eigenvalue weighted by Crippen LogP contribution is -1.95. The summed E-state index contributed by atoms with van der Waals surface area (Å²) in [7, 11) is 0. The molecule has 0 atom stereocenters. The molecule has 2 heteroatoms. The number of hydrogen-bond donors (Lipinski definition) is 1. The Hall–Kier alpha value is -1.44. The number of Topliss-reactive ketones (excluding diaryl/α,β-unsaturated/α-hetero) is 1. The van der Waals surface area contributed by atoms with Gasteiger partial charge in [-0.15, -0.1) is 0 Å². The summed E-state index contributed by atoms with van der Waals surface area (Å²) in [5, 5.41) is 7.33. The zero-order chi connectivity index (χ0) is 9.14. The molecule has 0 saturated heterocycles. The second-order valence-electron chi connectivity index (χ2n) is 2.76. The van der Waals surface area contributed by atoms with Crippen LogP contribution in [0.4, 0.5) is 0 Å². The Morgan fingerprint density at radius 1 is 1.08 bits per heavy atom. The van der Waals surface area contributed by atoms with E-state index in [1.165, 1.54) is 6.92 Å². The van der Waals surface area contributed by atoms with E-state index in [0.717, 1.165) is 5.56 Å². The van der Waals surface area contributed by atoms with Crippen LogP contribution in [0.25, 0.3) is 0 Å². The van der Waals surface area contributed by atoms with Gasteiger partial charge in [-0.3, -0.25) is 4.79 Å². The van der Waals surface area contributed by atoms with Gasteiger partial charge in [-0.2, -0.15) is 0 Å². The molecule has 1 N–H and O–H groups in total. The van der Waals surface area contributed by atoms with Crippen molar-refractivity contribution in [2.45, 2.75) is 13.8 Å². The molecular formula is C10H11NO. The Morgan fingerprint density at radius 3 is 1.83 bits per heavy atom. The van der Waals surface area contributed by atoms with E-state index < -0.39 is 0 Å². The lowest BCUT2D eigenvalue weighted by molar-refractivity contribution is 0.101. The SMILES string of the molecule is CC(=N)c1ccc(C(C)=O)cc1. The largest absolute Gasteiger partial charge is 0.305 e. The number of carbonyl (C=O) groups excluding carboxylic acids is 1. The van der Waals surface area contributed by atoms with Crippen LogP contribution in [0, 0.1) is 5.41 Å². The quantitative estimate of drug-likeness (QED) is 0.524. The molecule has 0 bridgehead atoms. The average Bonchev–Trinajstić information content (AvgIpc) is 2.04. The predicted octanol–water partition coefficient (Wildman–Crippen LogP) is 2.28. The number of nitrogens with one attached hydrogen (secondary N) is 1. The normalized spacial score (nSPS) is 9.50. The van der Waals surface area contributed by atoms with Crippen LogP contribution in [0.1, 0.15) is 29.8 Å². The highest BCUT2D eigenvalue weighted by Crippen LogP contribution is 2.05. The van der Waals surface area contributed by atoms with Gasteiger partial charge in [0.1, 0.15) is 0 Å². The molecule has 0 aliphatic rings. The second kappa shape index (κ2) is 3.30. The topological polar surface area (TPSA) is 40.9 Å². The Balaban J connectivity index is 3.01. The summed E-state index contributed by atoms with van der Waals surface area (Å²) >= 11 is 0. The van der Waals surface area contributed by atoms with E-state index in [1.807, 2.05) is 0 Å². The van der Waals surface area contributed by atoms with Crippen LogP contribution >= 0.6 is 0 Å². The van der Waals surface area contributed by atoms with Crippen molar-refractivity contribution in [3.63, 3.8) is 0 Å². The van der Waals surface area contributed by atoms with Crippen molar-refractivity contribution in [3.8, 4) is 0 Å². The van der Waals surface area contributed by atoms with Crippen molar-refractivity contribution in [1.29, 1.82) is 5.41 Å². The molecule has 0 unspecified atom stereocenters. The summed E-state index contributed by atoms with van der Waals surface area (Å²) < 4.78 is 0. The fourth-order valence-electron chi connectivity index (χ4n) is 0.955. The van der Waals surface area contributed by atoms with Crippen LogP contribution < -0.4 is 0 Å². The van der Waals surface area contributed by atoms with Crippen molar-refractivity contribution in [2.24, 2.45) is 0 Å². The Bertz CT molecular complexity index is 278. The maximum atomic E-state index is 10.9. The minimum absolute atomic E-state index is 0.0594. The summed E-state index contributed by atoms with van der Waals surface area (Å²) in [5.41, 5.74) is 2.07. The highest BCUT2D eigenvalue weighted by Gasteiger charge is 1.98. The molecule has 2 nitrogen and oxygen atoms in total. The molecule has 1 aromatic rings. The maximum Gasteiger partial charge on any atom is 0.159 e. The summed E-state index contributed by atoms with van der Waals surface area (Å²) in [6.45, 7) is 3.26. The van der Waals surface area contributed by atoms with Crippen molar-refractivity contribution in [3.05, 3.63) is 35.4 Å². The summed E-state index contributed by atoms with van der Waals surface area (Å²) in [6, 6.07) is 7.07. The van der Waals surface area contributed by atoms with Crippen LogP contribution in [0.15, 0.2) is 24.3 Å². The third kappa shape index (κ3) is 1.78. The van der Waals surface area contributed by atoms with Crippen LogP contribution in [-0.2, 0) is 0 Å². The summed E-state index contributed by atoms with van der Waals surface area (Å²) in [5.74, 6) is 0.0594. The molecule has 62 valence electrons. The van der Waals surface area contributed by atoms with E-state index in [1.54, 1.807) is 31.2 Å². The van der Waals surface area contributed by atoms with Gasteiger partial charge in [0.15, 0.2) is 5.78 Å². The van der Waals surface area contributed by atoms with E-state index in [-0.39, 0.29) is 5.78 Å². The van der Waals surface area contributed by atoms with Gasteiger partial charge < -0.3 is 5.41 Å². The predicted molar refractivity (Wildman–Crippen MR) is 48.9 cm³/mol. The monoisotopic (exact) mass is 161 g/mol. The molecule has 0 aromatic heterocycles. The molecular weight excluding hydrogens is 150 g/mol. The van der Waals surface area contributed by atoms with Crippen molar-refractivity contribution in [2.75, 3.05) is 0 Å². The van der Waals surface area contributed by atoms with E-state index in [9.17, 15) is 4.79 Å². The van der Waals surface area contributed by atoms with Gasteiger partial charge in [0, 0.05) is 11.3 Å². The molecule has 0 radical (unpaired) electrons. The molecule has 0 heterocycles. The first-order valence-electron chi connectivity index (χ1n) is 3.78. The standard InChI is InChI=1S/C10H11NO/c1-7(11)9-3-5-10(6-4-9)8(2)12/h3-6,11H,1-2H3. The number of carbonyl (C=O) groups is 1. The Kier molecular flexibility index (Phi) is 2.38. The van der Waals surface area contributed by atoms with Gasteiger partial charge in [0.05, 0.1) is 0 Å². The van der Waals surface area contributed by atoms with Gasteiger partial charge in [-0.05, 0) is 19.4 Å². The first kappa shape index (κ1) is 8.65. The van der Waals surface area contributed by atoms with Gasteiger partial charge in [-0.1, -0.05) is 24.3 Å². The minimum Gasteiger partial charge on any atom is -0.305 e. The van der Waals surface area contributed by atoms with Crippen molar-refractivity contribution < 1.29 is 4.79 Å². The third-order valence-corrected chi connectivity index (χ3v) is 1.72. The van der Waals surface area contributed by atoms with Gasteiger partial charge in [0.25, 0.3) is 0 Å². The van der Waals surface area contributed by atoms with E-state index in [2.05, 4.69) is 0 Å². The van der Waals surface area contributed by atoms with Crippen LogP contribution in [0.5, 0.6) is 0 Å². The number of rotatable bonds is 2. The minimum atomic E-state index is 0.0594. The molecule has 1 rings (SSSR count). The fraction of sp³-hybridized carbons (Fsp3) is 0.200. The highest BCUT2D eigenvalue weighted by molar-refractivity contribution is 5.98. The number of benzene rings is 1. The highest BCUT2D eigenvalue weighted by atomic mass is 16.1. The van der Waals surface area contributed by atoms with Gasteiger partial charge >= 0.3 is 0 Å². The maximum absolute atomic E-state index is 10.9. The zero-order valence-corrected chi connectivity index (χ0v) is 7.22. The van der Waals surface area contributed by atoms with Crippen LogP contribution in [0.3, 0.4) is 0 Å². The summed E-state index contributed by atoms with van der Waals surface area (Å²) in [6.07, 6.45) is 0. The molecule has 0 fully saturated rings. The van der Waals surface area contributed by atoms with Gasteiger partial charge in [0.2, 0.25) is 0 Å². The Morgan fingerprint density at radius 2 is 1.50 bits per heavy atom. The molecule has 12 heavy (non-hydrogen) atoms. The van der Waals surface area contributed by atoms with E-state index in [4.69, 9.17) is 5.41 Å². The lowest BCUT2D eigenvalue weighted by Gasteiger charge is -1.98. The number of hydrogen-bond acceptors (Lipinski definition) is 2. The molecule has 0 saturated carbocycles. The first-order valence-corrected chi connectivity index (χ1v) is 3.78. The smallest absolute Gasteiger partial charge is 0.159 e. The molecule has 0 aliphatic heterocycles. The summed E-state index contributed by atoms with van der Waals surface area (Å²) in [4.78, 5) is 10.9. The van der Waals surface area contributed by atoms with Crippen LogP contribution in [-0.4, -0.2) is 11.5 Å². The van der Waals surface area contributed by atoms with E-state index >= 15 is 0 Å². The van der Waals surface area contributed by atoms with Gasteiger partial charge in [-0.25, -0.2) is 0 Å². The zero-order valence-electron chi connectivity index (χ0n) is 7.22. The van der Waals surface area contributed by atoms with Crippen molar-refractivity contribution in [1.82, 2.24) is 0 Å². The molecule has 0 amide bonds. The lowest BCUT2D eigenvalue weighted by atomic mass is 10.1. The molecule has 1 aromatic carbocycles. The average molecular weight is 161 g/mol. The Labute approximate surface area is 71.7 Å². The van der Waals surface area contributed by atoms with Crippen LogP contribution in [0.2, 0.25) is 0 Å². The number of ketones is 1. The third-order valence-electron chi connectivity index (χ3n) is 1.72. The second-order valence-corrected chi connectivity index (χ2v) is 2.76. The molecule has 0 aliphatic carbocycles. The molecule has 0 spiro atoms. The van der Waals surface area contributed by atoms with Crippen molar-refractivity contribution >= 4 is 11.5 Å².